The molecule has 3 rings (SSSR count). The van der Waals surface area contributed by atoms with Crippen molar-refractivity contribution >= 4 is 21.7 Å². The van der Waals surface area contributed by atoms with Crippen LogP contribution in [-0.4, -0.2) is 89.3 Å². The van der Waals surface area contributed by atoms with Gasteiger partial charge in [-0.25, -0.2) is 8.42 Å². The predicted octanol–water partition coefficient (Wildman–Crippen LogP) is 2.05. The van der Waals surface area contributed by atoms with Gasteiger partial charge < -0.3 is 20.8 Å². The fourth-order valence-electron chi connectivity index (χ4n) is 5.93. The number of nitrogens with one attached hydrogen (secondary N) is 2. The Labute approximate surface area is 240 Å². The van der Waals surface area contributed by atoms with Crippen molar-refractivity contribution in [3.05, 3.63) is 35.9 Å². The predicted molar refractivity (Wildman–Crippen MR) is 156 cm³/mol. The summed E-state index contributed by atoms with van der Waals surface area (Å²) in [6, 6.07) is 8.17. The van der Waals surface area contributed by atoms with Crippen LogP contribution in [0.4, 0.5) is 0 Å². The second-order valence-corrected chi connectivity index (χ2v) is 16.0. The number of piperidine rings is 1. The minimum Gasteiger partial charge on any atom is -0.390 e. The van der Waals surface area contributed by atoms with E-state index >= 15 is 0 Å². The third-order valence-corrected chi connectivity index (χ3v) is 10.8. The van der Waals surface area contributed by atoms with Gasteiger partial charge in [0.15, 0.2) is 15.9 Å². The molecule has 40 heavy (non-hydrogen) atoms. The average Bonchev–Trinajstić information content (AvgIpc) is 2.86. The maximum atomic E-state index is 13.4. The number of hydrogen-bond acceptors (Lipinski definition) is 7. The molecule has 6 atom stereocenters. The van der Waals surface area contributed by atoms with E-state index in [1.807, 2.05) is 51.1 Å². The number of rotatable bonds is 10. The number of nitrogens with zero attached hydrogens (tertiary/aromatic N) is 1. The summed E-state index contributed by atoms with van der Waals surface area (Å²) < 4.78 is 22.8. The van der Waals surface area contributed by atoms with Gasteiger partial charge in [0.2, 0.25) is 5.91 Å². The van der Waals surface area contributed by atoms with E-state index in [0.717, 1.165) is 37.5 Å². The number of amides is 2. The summed E-state index contributed by atoms with van der Waals surface area (Å²) in [5, 5.41) is 28.1. The van der Waals surface area contributed by atoms with Crippen molar-refractivity contribution in [2.24, 2.45) is 11.8 Å². The molecule has 0 unspecified atom stereocenters. The van der Waals surface area contributed by atoms with Gasteiger partial charge in [-0.2, -0.15) is 0 Å². The van der Waals surface area contributed by atoms with E-state index in [1.165, 1.54) is 20.3 Å². The monoisotopic (exact) mass is 579 g/mol. The lowest BCUT2D eigenvalue weighted by Gasteiger charge is -2.47. The maximum absolute atomic E-state index is 13.4. The normalized spacial score (nSPS) is 24.9. The number of sulfone groups is 1. The Morgan fingerprint density at radius 2 is 1.62 bits per heavy atom. The number of aliphatic hydroxyl groups excluding tert-OH is 2. The number of carbonyl (C=O) groups excluding carboxylic acids is 2. The molecular weight excluding hydrogens is 530 g/mol. The molecule has 1 saturated carbocycles. The molecule has 0 aromatic heterocycles. The van der Waals surface area contributed by atoms with Crippen molar-refractivity contribution in [2.45, 2.75) is 108 Å². The number of fused-ring (bicyclic) bond motifs is 1. The van der Waals surface area contributed by atoms with Crippen LogP contribution in [0.15, 0.2) is 30.3 Å². The number of benzene rings is 1. The van der Waals surface area contributed by atoms with Crippen LogP contribution in [0.2, 0.25) is 0 Å². The molecule has 1 aliphatic heterocycles. The Morgan fingerprint density at radius 3 is 2.20 bits per heavy atom. The number of aliphatic hydroxyl groups is 2. The lowest BCUT2D eigenvalue weighted by molar-refractivity contribution is -0.135. The summed E-state index contributed by atoms with van der Waals surface area (Å²) in [4.78, 5) is 28.6. The molecule has 10 heteroatoms. The Kier molecular flexibility index (Phi) is 10.5. The molecule has 9 nitrogen and oxygen atoms in total. The summed E-state index contributed by atoms with van der Waals surface area (Å²) in [7, 11) is -3.75. The van der Waals surface area contributed by atoms with Crippen LogP contribution in [0.25, 0.3) is 0 Å². The summed E-state index contributed by atoms with van der Waals surface area (Å²) in [5.41, 5.74) is 0.480. The van der Waals surface area contributed by atoms with Crippen molar-refractivity contribution < 1.29 is 28.2 Å². The van der Waals surface area contributed by atoms with Crippen molar-refractivity contribution in [1.82, 2.24) is 15.5 Å². The molecule has 1 heterocycles. The van der Waals surface area contributed by atoms with Crippen LogP contribution >= 0.6 is 0 Å². The summed E-state index contributed by atoms with van der Waals surface area (Å²) >= 11 is 0. The van der Waals surface area contributed by atoms with Crippen LogP contribution in [0.5, 0.6) is 0 Å². The molecule has 2 aliphatic rings. The first-order valence-electron chi connectivity index (χ1n) is 14.5. The first-order valence-corrected chi connectivity index (χ1v) is 16.3. The van der Waals surface area contributed by atoms with Gasteiger partial charge in [-0.15, -0.1) is 0 Å². The minimum absolute atomic E-state index is 0.0577. The van der Waals surface area contributed by atoms with E-state index in [9.17, 15) is 28.2 Å². The Balaban J connectivity index is 1.84. The van der Waals surface area contributed by atoms with E-state index in [1.54, 1.807) is 0 Å². The molecule has 0 bridgehead atoms. The van der Waals surface area contributed by atoms with E-state index in [4.69, 9.17) is 0 Å². The van der Waals surface area contributed by atoms with Gasteiger partial charge in [0, 0.05) is 24.9 Å². The first kappa shape index (κ1) is 32.5. The van der Waals surface area contributed by atoms with Crippen LogP contribution in [-0.2, 0) is 25.8 Å². The van der Waals surface area contributed by atoms with Gasteiger partial charge in [-0.1, -0.05) is 49.6 Å². The fourth-order valence-corrected chi connectivity index (χ4v) is 6.44. The van der Waals surface area contributed by atoms with E-state index in [0.29, 0.717) is 18.4 Å². The second-order valence-electron chi connectivity index (χ2n) is 13.4. The number of carbonyl (C=O) groups is 2. The van der Waals surface area contributed by atoms with Crippen LogP contribution < -0.4 is 10.6 Å². The lowest BCUT2D eigenvalue weighted by atomic mass is 9.72. The average molecular weight is 580 g/mol. The van der Waals surface area contributed by atoms with Crippen LogP contribution in [0.3, 0.4) is 0 Å². The fraction of sp³-hybridized carbons (Fsp3) is 0.733. The van der Waals surface area contributed by atoms with Crippen molar-refractivity contribution in [3.8, 4) is 0 Å². The highest BCUT2D eigenvalue weighted by Crippen LogP contribution is 2.39. The number of β-amino-alcohol motifs (C(OH)–C–C–N with tert-alkyl or cyclic N) is 1. The van der Waals surface area contributed by atoms with E-state index in [2.05, 4.69) is 15.5 Å². The zero-order valence-corrected chi connectivity index (χ0v) is 25.7. The highest BCUT2D eigenvalue weighted by Gasteiger charge is 2.44. The van der Waals surface area contributed by atoms with E-state index < -0.39 is 50.3 Å². The molecule has 226 valence electrons. The Morgan fingerprint density at radius 1 is 1.02 bits per heavy atom. The second kappa shape index (κ2) is 12.9. The van der Waals surface area contributed by atoms with Crippen LogP contribution in [0.1, 0.15) is 72.3 Å². The van der Waals surface area contributed by atoms with Gasteiger partial charge in [-0.05, 0) is 71.3 Å². The lowest BCUT2D eigenvalue weighted by Crippen LogP contribution is -2.61. The SMILES string of the molecule is CC(C)(C)NC(=O)[C@@H]1C[C@@H]2CCCC[C@@H]2CN1C[C@@H](O)[C@H](Cc1ccccc1)NC(=O)[C@@H](O)C(C)(C)S(C)(=O)=O. The third kappa shape index (κ3) is 8.27. The molecule has 0 radical (unpaired) electrons. The minimum atomic E-state index is -3.75. The summed E-state index contributed by atoms with van der Waals surface area (Å²) in [5.74, 6) is 0.0198. The molecular formula is C30H49N3O6S. The zero-order valence-electron chi connectivity index (χ0n) is 24.9. The maximum Gasteiger partial charge on any atom is 0.250 e. The van der Waals surface area contributed by atoms with Crippen molar-refractivity contribution in [1.29, 1.82) is 0 Å². The van der Waals surface area contributed by atoms with E-state index in [-0.39, 0.29) is 18.9 Å². The molecule has 1 aromatic rings. The van der Waals surface area contributed by atoms with Crippen molar-refractivity contribution in [3.63, 3.8) is 0 Å². The smallest absolute Gasteiger partial charge is 0.250 e. The molecule has 4 N–H and O–H groups in total. The van der Waals surface area contributed by atoms with Gasteiger partial charge in [0.1, 0.15) is 4.75 Å². The quantitative estimate of drug-likeness (QED) is 0.333. The Bertz CT molecular complexity index is 1120. The van der Waals surface area contributed by atoms with Gasteiger partial charge in [-0.3, -0.25) is 14.5 Å². The van der Waals surface area contributed by atoms with Crippen molar-refractivity contribution in [2.75, 3.05) is 19.3 Å². The van der Waals surface area contributed by atoms with Gasteiger partial charge in [0.05, 0.1) is 18.2 Å². The van der Waals surface area contributed by atoms with Gasteiger partial charge >= 0.3 is 0 Å². The number of likely N-dealkylation sites (tertiary alicyclic amines) is 1. The standard InChI is InChI=1S/C30H49N3O6S/c1-29(2,3)32-27(36)24-17-21-14-10-11-15-22(21)18-33(24)19-25(34)23(16-20-12-8-7-9-13-20)31-28(37)26(35)30(4,5)40(6,38)39/h7-9,12-13,21-26,34-35H,10-11,14-19H2,1-6H3,(H,31,37)(H,32,36)/t21-,22+,23-,24-,25+,26+/m0/s1. The number of hydrogen-bond donors (Lipinski definition) is 4. The first-order chi connectivity index (χ1) is 18.5. The molecule has 1 saturated heterocycles. The molecule has 1 aromatic carbocycles. The largest absolute Gasteiger partial charge is 0.390 e. The summed E-state index contributed by atoms with van der Waals surface area (Å²) in [6.45, 7) is 9.32. The highest BCUT2D eigenvalue weighted by atomic mass is 32.2. The summed E-state index contributed by atoms with van der Waals surface area (Å²) in [6.07, 6.45) is 3.65. The molecule has 2 amide bonds. The molecule has 0 spiro atoms. The molecule has 2 fully saturated rings. The topological polar surface area (TPSA) is 136 Å². The van der Waals surface area contributed by atoms with Crippen LogP contribution in [0, 0.1) is 11.8 Å². The molecule has 1 aliphatic carbocycles. The van der Waals surface area contributed by atoms with Gasteiger partial charge in [0.25, 0.3) is 5.91 Å². The Hall–Kier alpha value is -2.01. The third-order valence-electron chi connectivity index (χ3n) is 8.68. The zero-order chi connectivity index (χ0) is 29.9. The highest BCUT2D eigenvalue weighted by molar-refractivity contribution is 7.92.